The summed E-state index contributed by atoms with van der Waals surface area (Å²) in [5, 5.41) is 9.73. The van der Waals surface area contributed by atoms with Crippen molar-refractivity contribution in [3.8, 4) is 0 Å². The summed E-state index contributed by atoms with van der Waals surface area (Å²) >= 11 is 1.68. The van der Waals surface area contributed by atoms with Crippen molar-refractivity contribution < 1.29 is 8.42 Å². The summed E-state index contributed by atoms with van der Waals surface area (Å²) in [5.41, 5.74) is 2.08. The fraction of sp³-hybridized carbons (Fsp3) is 0.444. The van der Waals surface area contributed by atoms with E-state index >= 15 is 0 Å². The number of aliphatic imine (C=N–C) groups is 1. The molecule has 0 saturated heterocycles. The van der Waals surface area contributed by atoms with Gasteiger partial charge >= 0.3 is 0 Å². The largest absolute Gasteiger partial charge is 0.356 e. The van der Waals surface area contributed by atoms with Crippen LogP contribution in [0.5, 0.6) is 0 Å². The normalized spacial score (nSPS) is 12.0. The summed E-state index contributed by atoms with van der Waals surface area (Å²) in [6.45, 7) is 5.61. The molecular formula is C18H27IN4O2S2. The molecule has 0 aliphatic carbocycles. The monoisotopic (exact) mass is 522 g/mol. The molecule has 1 heterocycles. The highest BCUT2D eigenvalue weighted by Crippen LogP contribution is 2.18. The summed E-state index contributed by atoms with van der Waals surface area (Å²) < 4.78 is 22.9. The second-order valence-corrected chi connectivity index (χ2v) is 9.26. The smallest absolute Gasteiger partial charge is 0.191 e. The molecule has 0 aliphatic rings. The lowest BCUT2D eigenvalue weighted by molar-refractivity contribution is 0.602. The van der Waals surface area contributed by atoms with Gasteiger partial charge in [-0.3, -0.25) is 4.99 Å². The number of hydrogen-bond acceptors (Lipinski definition) is 5. The first-order valence-electron chi connectivity index (χ1n) is 8.47. The van der Waals surface area contributed by atoms with Gasteiger partial charge in [-0.2, -0.15) is 0 Å². The van der Waals surface area contributed by atoms with Gasteiger partial charge in [0.15, 0.2) is 15.8 Å². The van der Waals surface area contributed by atoms with E-state index in [1.54, 1.807) is 30.5 Å². The molecule has 0 aliphatic heterocycles. The summed E-state index contributed by atoms with van der Waals surface area (Å²) in [5.74, 6) is 1.16. The Morgan fingerprint density at radius 2 is 1.89 bits per heavy atom. The predicted octanol–water partition coefficient (Wildman–Crippen LogP) is 3.20. The van der Waals surface area contributed by atoms with Crippen molar-refractivity contribution in [3.05, 3.63) is 45.9 Å². The van der Waals surface area contributed by atoms with E-state index in [0.29, 0.717) is 23.9 Å². The van der Waals surface area contributed by atoms with Crippen LogP contribution < -0.4 is 10.6 Å². The third-order valence-electron chi connectivity index (χ3n) is 3.78. The van der Waals surface area contributed by atoms with E-state index in [1.165, 1.54) is 6.26 Å². The zero-order valence-corrected chi connectivity index (χ0v) is 20.0. The Hall–Kier alpha value is -1.20. The molecular weight excluding hydrogens is 495 g/mol. The van der Waals surface area contributed by atoms with Crippen LogP contribution in [0, 0.1) is 0 Å². The molecule has 6 nitrogen and oxygen atoms in total. The predicted molar refractivity (Wildman–Crippen MR) is 123 cm³/mol. The zero-order valence-electron chi connectivity index (χ0n) is 16.0. The van der Waals surface area contributed by atoms with Crippen LogP contribution in [0.3, 0.4) is 0 Å². The molecule has 0 atom stereocenters. The molecule has 0 spiro atoms. The highest BCUT2D eigenvalue weighted by atomic mass is 127. The zero-order chi connectivity index (χ0) is 19.2. The van der Waals surface area contributed by atoms with Crippen molar-refractivity contribution in [2.45, 2.75) is 37.6 Å². The molecule has 2 aromatic rings. The van der Waals surface area contributed by atoms with Crippen LogP contribution in [-0.4, -0.2) is 39.2 Å². The first-order valence-corrected chi connectivity index (χ1v) is 11.2. The van der Waals surface area contributed by atoms with E-state index in [0.717, 1.165) is 28.6 Å². The van der Waals surface area contributed by atoms with Crippen LogP contribution in [0.2, 0.25) is 0 Å². The Bertz CT molecular complexity index is 847. The van der Waals surface area contributed by atoms with Gasteiger partial charge in [0.1, 0.15) is 0 Å². The van der Waals surface area contributed by atoms with Gasteiger partial charge in [-0.25, -0.2) is 13.4 Å². The standard InChI is InChI=1S/C18H26N4O2S2.HI/c1-13(2)17-22-15(12-25-17)11-21-18(19-3)20-10-9-14-5-7-16(8-6-14)26(4,23)24;/h5-8,12-13H,9-11H2,1-4H3,(H2,19,20,21);1H. The lowest BCUT2D eigenvalue weighted by Crippen LogP contribution is -2.37. The minimum atomic E-state index is -3.14. The maximum absolute atomic E-state index is 11.5. The minimum absolute atomic E-state index is 0. The highest BCUT2D eigenvalue weighted by molar-refractivity contribution is 14.0. The molecule has 27 heavy (non-hydrogen) atoms. The van der Waals surface area contributed by atoms with Gasteiger partial charge in [-0.15, -0.1) is 35.3 Å². The van der Waals surface area contributed by atoms with Crippen molar-refractivity contribution in [1.82, 2.24) is 15.6 Å². The highest BCUT2D eigenvalue weighted by Gasteiger charge is 2.07. The average Bonchev–Trinajstić information content (AvgIpc) is 3.07. The number of halogens is 1. The first kappa shape index (κ1) is 23.8. The van der Waals surface area contributed by atoms with Gasteiger partial charge < -0.3 is 10.6 Å². The van der Waals surface area contributed by atoms with Crippen LogP contribution >= 0.6 is 35.3 Å². The molecule has 2 rings (SSSR count). The van der Waals surface area contributed by atoms with Crippen LogP contribution in [0.4, 0.5) is 0 Å². The number of aromatic nitrogens is 1. The lowest BCUT2D eigenvalue weighted by Gasteiger charge is -2.11. The van der Waals surface area contributed by atoms with Gasteiger partial charge in [0.05, 0.1) is 22.1 Å². The average molecular weight is 522 g/mol. The fourth-order valence-corrected chi connectivity index (χ4v) is 3.76. The number of sulfone groups is 1. The summed E-state index contributed by atoms with van der Waals surface area (Å²) in [6.07, 6.45) is 1.99. The number of nitrogens with one attached hydrogen (secondary N) is 2. The molecule has 0 unspecified atom stereocenters. The van der Waals surface area contributed by atoms with Crippen molar-refractivity contribution >= 4 is 51.1 Å². The number of thiazole rings is 1. The molecule has 0 radical (unpaired) electrons. The molecule has 0 saturated carbocycles. The van der Waals surface area contributed by atoms with Gasteiger partial charge in [0, 0.05) is 31.1 Å². The van der Waals surface area contributed by atoms with E-state index in [4.69, 9.17) is 0 Å². The first-order chi connectivity index (χ1) is 12.3. The minimum Gasteiger partial charge on any atom is -0.356 e. The molecule has 1 aromatic heterocycles. The van der Waals surface area contributed by atoms with E-state index in [-0.39, 0.29) is 24.0 Å². The third kappa shape index (κ3) is 7.74. The third-order valence-corrected chi connectivity index (χ3v) is 6.10. The lowest BCUT2D eigenvalue weighted by atomic mass is 10.1. The van der Waals surface area contributed by atoms with Crippen LogP contribution in [0.25, 0.3) is 0 Å². The molecule has 2 N–H and O–H groups in total. The SMILES string of the molecule is CN=C(NCCc1ccc(S(C)(=O)=O)cc1)NCc1csc(C(C)C)n1.I. The number of nitrogens with zero attached hydrogens (tertiary/aromatic N) is 2. The molecule has 150 valence electrons. The quantitative estimate of drug-likeness (QED) is 0.332. The second-order valence-electron chi connectivity index (χ2n) is 6.35. The van der Waals surface area contributed by atoms with Crippen LogP contribution in [0.15, 0.2) is 39.5 Å². The van der Waals surface area contributed by atoms with Gasteiger partial charge in [0.2, 0.25) is 0 Å². The summed E-state index contributed by atoms with van der Waals surface area (Å²) in [6, 6.07) is 6.98. The van der Waals surface area contributed by atoms with E-state index < -0.39 is 9.84 Å². The van der Waals surface area contributed by atoms with Crippen LogP contribution in [-0.2, 0) is 22.8 Å². The number of benzene rings is 1. The number of hydrogen-bond donors (Lipinski definition) is 2. The van der Waals surface area contributed by atoms with E-state index in [2.05, 4.69) is 39.8 Å². The Labute approximate surface area is 182 Å². The van der Waals surface area contributed by atoms with Crippen molar-refractivity contribution in [1.29, 1.82) is 0 Å². The van der Waals surface area contributed by atoms with Crippen molar-refractivity contribution in [3.63, 3.8) is 0 Å². The molecule has 0 bridgehead atoms. The Morgan fingerprint density at radius 1 is 1.22 bits per heavy atom. The summed E-state index contributed by atoms with van der Waals surface area (Å²) in [7, 11) is -1.41. The maximum atomic E-state index is 11.5. The second kappa shape index (κ2) is 11.0. The van der Waals surface area contributed by atoms with Gasteiger partial charge in [-0.1, -0.05) is 26.0 Å². The summed E-state index contributed by atoms with van der Waals surface area (Å²) in [4.78, 5) is 9.15. The maximum Gasteiger partial charge on any atom is 0.191 e. The molecule has 0 amide bonds. The Balaban J connectivity index is 0.00000364. The van der Waals surface area contributed by atoms with E-state index in [9.17, 15) is 8.42 Å². The van der Waals surface area contributed by atoms with E-state index in [1.807, 2.05) is 12.1 Å². The number of rotatable bonds is 7. The number of guanidine groups is 1. The van der Waals surface area contributed by atoms with Gasteiger partial charge in [0.25, 0.3) is 0 Å². The topological polar surface area (TPSA) is 83.5 Å². The van der Waals surface area contributed by atoms with Crippen LogP contribution in [0.1, 0.15) is 36.0 Å². The van der Waals surface area contributed by atoms with Gasteiger partial charge in [-0.05, 0) is 24.1 Å². The van der Waals surface area contributed by atoms with Crippen molar-refractivity contribution in [2.24, 2.45) is 4.99 Å². The molecule has 9 heteroatoms. The molecule has 1 aromatic carbocycles. The van der Waals surface area contributed by atoms with Crippen molar-refractivity contribution in [2.75, 3.05) is 19.8 Å². The Kier molecular flexibility index (Phi) is 9.68. The molecule has 0 fully saturated rings. The fourth-order valence-electron chi connectivity index (χ4n) is 2.29. The Morgan fingerprint density at radius 3 is 2.41 bits per heavy atom.